The highest BCUT2D eigenvalue weighted by molar-refractivity contribution is 7.09. The topological polar surface area (TPSA) is 92.8 Å². The van der Waals surface area contributed by atoms with Crippen molar-refractivity contribution in [2.75, 3.05) is 23.2 Å². The summed E-state index contributed by atoms with van der Waals surface area (Å²) in [7, 11) is 1.66. The molecule has 1 aliphatic heterocycles. The Kier molecular flexibility index (Phi) is 5.75. The second kappa shape index (κ2) is 8.29. The lowest BCUT2D eigenvalue weighted by Gasteiger charge is -2.24. The van der Waals surface area contributed by atoms with Crippen molar-refractivity contribution >= 4 is 22.8 Å². The van der Waals surface area contributed by atoms with E-state index < -0.39 is 5.69 Å². The molecule has 0 radical (unpaired) electrons. The Bertz CT molecular complexity index is 991. The number of anilines is 2. The summed E-state index contributed by atoms with van der Waals surface area (Å²) in [4.78, 5) is 38.8. The summed E-state index contributed by atoms with van der Waals surface area (Å²) in [5.41, 5.74) is 0.664. The zero-order valence-electron chi connectivity index (χ0n) is 16.8. The molecule has 1 saturated carbocycles. The zero-order chi connectivity index (χ0) is 20.5. The molecule has 4 rings (SSSR count). The van der Waals surface area contributed by atoms with Gasteiger partial charge < -0.3 is 10.0 Å². The van der Waals surface area contributed by atoms with Crippen molar-refractivity contribution in [3.05, 3.63) is 36.9 Å². The predicted molar refractivity (Wildman–Crippen MR) is 111 cm³/mol. The van der Waals surface area contributed by atoms with E-state index in [1.807, 2.05) is 17.2 Å². The van der Waals surface area contributed by atoms with E-state index in [1.165, 1.54) is 9.13 Å². The Morgan fingerprint density at radius 1 is 1.31 bits per heavy atom. The smallest absolute Gasteiger partial charge is 0.332 e. The SMILES string of the molecule is Cc1csc(CN2CN(OC3CCCC3)c3c2c(=O)n(CCCO)c(=O)n3C)n1. The summed E-state index contributed by atoms with van der Waals surface area (Å²) in [6, 6.07) is 0. The molecule has 0 aromatic carbocycles. The van der Waals surface area contributed by atoms with Crippen LogP contribution in [0.1, 0.15) is 42.8 Å². The fourth-order valence-electron chi connectivity index (χ4n) is 4.05. The number of aliphatic hydroxyl groups is 1. The molecule has 0 unspecified atom stereocenters. The first-order chi connectivity index (χ1) is 14.0. The van der Waals surface area contributed by atoms with Gasteiger partial charge in [-0.1, -0.05) is 12.8 Å². The maximum Gasteiger partial charge on any atom is 0.332 e. The van der Waals surface area contributed by atoms with Gasteiger partial charge in [-0.2, -0.15) is 0 Å². The summed E-state index contributed by atoms with van der Waals surface area (Å²) in [6.45, 7) is 2.90. The van der Waals surface area contributed by atoms with E-state index in [2.05, 4.69) is 4.98 Å². The van der Waals surface area contributed by atoms with Gasteiger partial charge in [0.1, 0.15) is 17.4 Å². The normalized spacial score (nSPS) is 16.8. The summed E-state index contributed by atoms with van der Waals surface area (Å²) >= 11 is 1.55. The molecular weight excluding hydrogens is 394 g/mol. The monoisotopic (exact) mass is 421 g/mol. The summed E-state index contributed by atoms with van der Waals surface area (Å²) in [6.07, 6.45) is 4.70. The van der Waals surface area contributed by atoms with Crippen LogP contribution in [0.4, 0.5) is 11.5 Å². The van der Waals surface area contributed by atoms with Crippen molar-refractivity contribution in [2.24, 2.45) is 7.05 Å². The molecular formula is C19H27N5O4S. The Morgan fingerprint density at radius 3 is 2.72 bits per heavy atom. The van der Waals surface area contributed by atoms with Gasteiger partial charge in [-0.15, -0.1) is 11.3 Å². The molecule has 158 valence electrons. The third-order valence-electron chi connectivity index (χ3n) is 5.46. The molecule has 29 heavy (non-hydrogen) atoms. The summed E-state index contributed by atoms with van der Waals surface area (Å²) in [5, 5.41) is 13.7. The van der Waals surface area contributed by atoms with Crippen LogP contribution in [-0.4, -0.2) is 38.6 Å². The maximum absolute atomic E-state index is 13.3. The minimum Gasteiger partial charge on any atom is -0.396 e. The van der Waals surface area contributed by atoms with Crippen molar-refractivity contribution in [1.29, 1.82) is 0 Å². The molecule has 2 aromatic rings. The lowest BCUT2D eigenvalue weighted by molar-refractivity contribution is 0.0381. The highest BCUT2D eigenvalue weighted by atomic mass is 32.1. The van der Waals surface area contributed by atoms with Crippen LogP contribution >= 0.6 is 11.3 Å². The van der Waals surface area contributed by atoms with E-state index in [0.29, 0.717) is 31.1 Å². The lowest BCUT2D eigenvalue weighted by Crippen LogP contribution is -2.41. The Balaban J connectivity index is 1.75. The van der Waals surface area contributed by atoms with Gasteiger partial charge in [0.05, 0.1) is 12.6 Å². The third kappa shape index (κ3) is 3.84. The Morgan fingerprint density at radius 2 is 2.07 bits per heavy atom. The third-order valence-corrected chi connectivity index (χ3v) is 6.41. The van der Waals surface area contributed by atoms with Crippen molar-refractivity contribution in [2.45, 2.75) is 58.2 Å². The average Bonchev–Trinajstić information content (AvgIpc) is 3.42. The Hall–Kier alpha value is -2.17. The summed E-state index contributed by atoms with van der Waals surface area (Å²) in [5.74, 6) is 0.500. The number of hydrogen-bond donors (Lipinski definition) is 1. The van der Waals surface area contributed by atoms with E-state index in [1.54, 1.807) is 23.4 Å². The molecule has 0 spiro atoms. The molecule has 10 heteroatoms. The molecule has 9 nitrogen and oxygen atoms in total. The van der Waals surface area contributed by atoms with E-state index >= 15 is 0 Å². The fraction of sp³-hybridized carbons (Fsp3) is 0.632. The van der Waals surface area contributed by atoms with Crippen LogP contribution in [0.2, 0.25) is 0 Å². The molecule has 1 N–H and O–H groups in total. The van der Waals surface area contributed by atoms with Crippen LogP contribution in [0.5, 0.6) is 0 Å². The van der Waals surface area contributed by atoms with Gasteiger partial charge in [0, 0.05) is 31.3 Å². The fourth-order valence-corrected chi connectivity index (χ4v) is 4.83. The molecule has 0 atom stereocenters. The van der Waals surface area contributed by atoms with Gasteiger partial charge in [0.15, 0.2) is 5.82 Å². The second-order valence-electron chi connectivity index (χ2n) is 7.66. The number of thiazole rings is 1. The zero-order valence-corrected chi connectivity index (χ0v) is 17.7. The van der Waals surface area contributed by atoms with Crippen LogP contribution in [0.15, 0.2) is 15.0 Å². The number of aryl methyl sites for hydroxylation is 1. The summed E-state index contributed by atoms with van der Waals surface area (Å²) < 4.78 is 2.68. The number of rotatable bonds is 7. The van der Waals surface area contributed by atoms with Gasteiger partial charge in [-0.25, -0.2) is 14.8 Å². The van der Waals surface area contributed by atoms with E-state index in [9.17, 15) is 9.59 Å². The largest absolute Gasteiger partial charge is 0.396 e. The molecule has 0 amide bonds. The predicted octanol–water partition coefficient (Wildman–Crippen LogP) is 1.35. The minimum atomic E-state index is -0.394. The van der Waals surface area contributed by atoms with Crippen molar-refractivity contribution in [3.8, 4) is 0 Å². The van der Waals surface area contributed by atoms with Crippen LogP contribution in [0, 0.1) is 6.92 Å². The van der Waals surface area contributed by atoms with Crippen molar-refractivity contribution in [3.63, 3.8) is 0 Å². The van der Waals surface area contributed by atoms with Gasteiger partial charge in [0.25, 0.3) is 5.56 Å². The number of nitrogens with zero attached hydrogens (tertiary/aromatic N) is 5. The molecule has 0 bridgehead atoms. The van der Waals surface area contributed by atoms with Crippen LogP contribution < -0.4 is 21.2 Å². The van der Waals surface area contributed by atoms with Gasteiger partial charge in [-0.05, 0) is 26.2 Å². The number of hydrogen-bond acceptors (Lipinski definition) is 8. The van der Waals surface area contributed by atoms with Gasteiger partial charge in [-0.3, -0.25) is 18.8 Å². The van der Waals surface area contributed by atoms with Crippen molar-refractivity contribution < 1.29 is 9.94 Å². The molecule has 1 fully saturated rings. The first-order valence-corrected chi connectivity index (χ1v) is 10.9. The molecule has 2 aromatic heterocycles. The minimum absolute atomic E-state index is 0.0777. The molecule has 3 heterocycles. The average molecular weight is 422 g/mol. The molecule has 0 saturated heterocycles. The first-order valence-electron chi connectivity index (χ1n) is 10.0. The first kappa shape index (κ1) is 20.1. The van der Waals surface area contributed by atoms with Crippen LogP contribution in [0.3, 0.4) is 0 Å². The highest BCUT2D eigenvalue weighted by Crippen LogP contribution is 2.35. The molecule has 1 aliphatic carbocycles. The second-order valence-corrected chi connectivity index (χ2v) is 8.60. The molecule has 2 aliphatic rings. The quantitative estimate of drug-likeness (QED) is 0.721. The van der Waals surface area contributed by atoms with E-state index in [-0.39, 0.29) is 24.8 Å². The van der Waals surface area contributed by atoms with E-state index in [4.69, 9.17) is 9.94 Å². The van der Waals surface area contributed by atoms with Crippen molar-refractivity contribution in [1.82, 2.24) is 14.1 Å². The van der Waals surface area contributed by atoms with Gasteiger partial charge >= 0.3 is 5.69 Å². The number of hydroxylamine groups is 1. The lowest BCUT2D eigenvalue weighted by atomic mass is 10.3. The van der Waals surface area contributed by atoms with Crippen LogP contribution in [-0.2, 0) is 25.0 Å². The highest BCUT2D eigenvalue weighted by Gasteiger charge is 2.36. The van der Waals surface area contributed by atoms with Gasteiger partial charge in [0.2, 0.25) is 0 Å². The van der Waals surface area contributed by atoms with E-state index in [0.717, 1.165) is 36.4 Å². The number of aliphatic hydroxyl groups excluding tert-OH is 1. The number of fused-ring (bicyclic) bond motifs is 1. The Labute approximate surface area is 172 Å². The maximum atomic E-state index is 13.3. The van der Waals surface area contributed by atoms with Crippen LogP contribution in [0.25, 0.3) is 0 Å². The standard InChI is InChI=1S/C19H27N5O4S/c1-13-11-29-15(20-13)10-22-12-24(28-14-6-3-4-7-14)17-16(22)18(26)23(8-5-9-25)19(27)21(17)2/h11,14,25H,3-10,12H2,1-2H3. The number of aromatic nitrogens is 3.